The first-order valence-electron chi connectivity index (χ1n) is 7.50. The van der Waals surface area contributed by atoms with Crippen molar-refractivity contribution < 1.29 is 14.3 Å². The second-order valence-electron chi connectivity index (χ2n) is 5.35. The van der Waals surface area contributed by atoms with Gasteiger partial charge in [0.2, 0.25) is 5.91 Å². The monoisotopic (exact) mass is 556 g/mol. The second kappa shape index (κ2) is 9.98. The number of alkyl halides is 2. The minimum atomic E-state index is -0.712. The third-order valence-electron chi connectivity index (χ3n) is 3.18. The SMILES string of the molecule is CC(Br)C(Br)C(=O)NC(=O)Nc1cc(Cl)c(Oc2ccc(Cl)cc2)c(Cl)c1. The molecule has 0 saturated heterocycles. The predicted molar refractivity (Wildman–Crippen MR) is 116 cm³/mol. The van der Waals surface area contributed by atoms with Crippen molar-refractivity contribution in [2.24, 2.45) is 0 Å². The van der Waals surface area contributed by atoms with E-state index in [0.717, 1.165) is 0 Å². The topological polar surface area (TPSA) is 67.4 Å². The van der Waals surface area contributed by atoms with Gasteiger partial charge in [-0.15, -0.1) is 0 Å². The van der Waals surface area contributed by atoms with Crippen LogP contribution in [0.25, 0.3) is 0 Å². The Morgan fingerprint density at radius 2 is 1.59 bits per heavy atom. The number of imide groups is 1. The number of benzene rings is 2. The van der Waals surface area contributed by atoms with Gasteiger partial charge in [-0.1, -0.05) is 73.6 Å². The van der Waals surface area contributed by atoms with Crippen molar-refractivity contribution in [2.45, 2.75) is 16.6 Å². The number of nitrogens with one attached hydrogen (secondary N) is 2. The van der Waals surface area contributed by atoms with Crippen molar-refractivity contribution >= 4 is 84.3 Å². The summed E-state index contributed by atoms with van der Waals surface area (Å²) in [6.07, 6.45) is 0. The highest BCUT2D eigenvalue weighted by Gasteiger charge is 2.22. The van der Waals surface area contributed by atoms with Crippen LogP contribution < -0.4 is 15.4 Å². The fraction of sp³-hybridized carbons (Fsp3) is 0.176. The molecular formula is C17H13Br2Cl3N2O3. The minimum absolute atomic E-state index is 0.154. The van der Waals surface area contributed by atoms with Gasteiger partial charge in [0.05, 0.1) is 10.0 Å². The summed E-state index contributed by atoms with van der Waals surface area (Å²) in [7, 11) is 0. The van der Waals surface area contributed by atoms with Crippen LogP contribution in [0.3, 0.4) is 0 Å². The van der Waals surface area contributed by atoms with E-state index in [1.807, 2.05) is 0 Å². The summed E-state index contributed by atoms with van der Waals surface area (Å²) in [6, 6.07) is 8.88. The first-order chi connectivity index (χ1) is 12.7. The van der Waals surface area contributed by atoms with Gasteiger partial charge in [0.25, 0.3) is 0 Å². The first kappa shape index (κ1) is 22.3. The van der Waals surface area contributed by atoms with Gasteiger partial charge in [-0.3, -0.25) is 10.1 Å². The van der Waals surface area contributed by atoms with E-state index in [4.69, 9.17) is 39.5 Å². The maximum absolute atomic E-state index is 12.0. The zero-order valence-electron chi connectivity index (χ0n) is 13.7. The molecule has 0 aromatic heterocycles. The highest BCUT2D eigenvalue weighted by molar-refractivity contribution is 9.12. The van der Waals surface area contributed by atoms with E-state index >= 15 is 0 Å². The maximum Gasteiger partial charge on any atom is 0.325 e. The Morgan fingerprint density at radius 3 is 2.11 bits per heavy atom. The number of ether oxygens (including phenoxy) is 1. The summed E-state index contributed by atoms with van der Waals surface area (Å²) in [6.45, 7) is 1.77. The molecule has 2 N–H and O–H groups in total. The first-order valence-corrected chi connectivity index (χ1v) is 10.5. The summed E-state index contributed by atoms with van der Waals surface area (Å²) >= 11 is 24.7. The highest BCUT2D eigenvalue weighted by atomic mass is 79.9. The van der Waals surface area contributed by atoms with E-state index in [-0.39, 0.29) is 20.6 Å². The number of carbonyl (C=O) groups excluding carboxylic acids is 2. The van der Waals surface area contributed by atoms with Crippen molar-refractivity contribution in [3.05, 3.63) is 51.5 Å². The molecule has 5 nitrogen and oxygen atoms in total. The van der Waals surface area contributed by atoms with Gasteiger partial charge in [0.15, 0.2) is 5.75 Å². The Bertz CT molecular complexity index is 825. The fourth-order valence-corrected chi connectivity index (χ4v) is 2.95. The lowest BCUT2D eigenvalue weighted by molar-refractivity contribution is -0.119. The molecule has 10 heteroatoms. The molecule has 2 aromatic rings. The van der Waals surface area contributed by atoms with Crippen LogP contribution in [-0.2, 0) is 4.79 Å². The average molecular weight is 559 g/mol. The molecule has 0 saturated carbocycles. The maximum atomic E-state index is 12.0. The number of anilines is 1. The average Bonchev–Trinajstić information content (AvgIpc) is 2.58. The van der Waals surface area contributed by atoms with Crippen molar-refractivity contribution in [1.82, 2.24) is 5.32 Å². The lowest BCUT2D eigenvalue weighted by Crippen LogP contribution is -2.41. The van der Waals surface area contributed by atoms with Gasteiger partial charge in [-0.05, 0) is 36.4 Å². The van der Waals surface area contributed by atoms with E-state index in [2.05, 4.69) is 42.5 Å². The molecule has 0 fully saturated rings. The smallest absolute Gasteiger partial charge is 0.325 e. The number of halogens is 5. The largest absolute Gasteiger partial charge is 0.454 e. The molecule has 0 bridgehead atoms. The van der Waals surface area contributed by atoms with Crippen LogP contribution in [0.5, 0.6) is 11.5 Å². The third kappa shape index (κ3) is 6.54. The van der Waals surface area contributed by atoms with Crippen LogP contribution in [0.15, 0.2) is 36.4 Å². The van der Waals surface area contributed by atoms with Crippen LogP contribution >= 0.6 is 66.7 Å². The van der Waals surface area contributed by atoms with E-state index in [1.165, 1.54) is 12.1 Å². The van der Waals surface area contributed by atoms with Crippen molar-refractivity contribution in [3.8, 4) is 11.5 Å². The molecule has 0 spiro atoms. The Hall–Kier alpha value is -0.990. The molecule has 0 radical (unpaired) electrons. The van der Waals surface area contributed by atoms with E-state index in [9.17, 15) is 9.59 Å². The quantitative estimate of drug-likeness (QED) is 0.404. The van der Waals surface area contributed by atoms with E-state index < -0.39 is 16.8 Å². The molecule has 0 heterocycles. The molecule has 2 atom stereocenters. The highest BCUT2D eigenvalue weighted by Crippen LogP contribution is 2.39. The van der Waals surface area contributed by atoms with Crippen molar-refractivity contribution in [1.29, 1.82) is 0 Å². The number of urea groups is 1. The van der Waals surface area contributed by atoms with Crippen molar-refractivity contribution in [3.63, 3.8) is 0 Å². The lowest BCUT2D eigenvalue weighted by Gasteiger charge is -2.14. The number of carbonyl (C=O) groups is 2. The summed E-state index contributed by atoms with van der Waals surface area (Å²) in [5.74, 6) is 0.243. The number of hydrogen-bond acceptors (Lipinski definition) is 3. The van der Waals surface area contributed by atoms with Gasteiger partial charge >= 0.3 is 6.03 Å². The summed E-state index contributed by atoms with van der Waals surface area (Å²) in [5, 5.41) is 5.65. The van der Waals surface area contributed by atoms with Gasteiger partial charge in [0.1, 0.15) is 10.6 Å². The molecule has 0 aliphatic carbocycles. The van der Waals surface area contributed by atoms with Crippen LogP contribution in [-0.4, -0.2) is 21.6 Å². The number of rotatable bonds is 5. The zero-order valence-corrected chi connectivity index (χ0v) is 19.2. The van der Waals surface area contributed by atoms with Gasteiger partial charge in [-0.25, -0.2) is 4.79 Å². The molecule has 2 aromatic carbocycles. The normalized spacial score (nSPS) is 12.8. The standard InChI is InChI=1S/C17H13Br2Cl3N2O3/c1-8(18)14(19)16(25)24-17(26)23-10-6-12(21)15(13(22)7-10)27-11-4-2-9(20)3-5-11/h2-8,14H,1H3,(H2,23,24,25,26). The Balaban J connectivity index is 2.08. The zero-order chi connectivity index (χ0) is 20.1. The van der Waals surface area contributed by atoms with Crippen LogP contribution in [0.2, 0.25) is 15.1 Å². The molecule has 2 unspecified atom stereocenters. The molecule has 144 valence electrons. The Labute approximate surface area is 187 Å². The Kier molecular flexibility index (Phi) is 8.24. The number of hydrogen-bond donors (Lipinski definition) is 2. The predicted octanol–water partition coefficient (Wildman–Crippen LogP) is 6.63. The second-order valence-corrected chi connectivity index (χ2v) is 9.03. The van der Waals surface area contributed by atoms with E-state index in [1.54, 1.807) is 31.2 Å². The fourth-order valence-electron chi connectivity index (χ4n) is 1.90. The van der Waals surface area contributed by atoms with Gasteiger partial charge in [0, 0.05) is 15.5 Å². The lowest BCUT2D eigenvalue weighted by atomic mass is 10.3. The molecule has 2 rings (SSSR count). The van der Waals surface area contributed by atoms with Crippen LogP contribution in [0.4, 0.5) is 10.5 Å². The van der Waals surface area contributed by atoms with Crippen LogP contribution in [0.1, 0.15) is 6.92 Å². The van der Waals surface area contributed by atoms with E-state index in [0.29, 0.717) is 16.5 Å². The van der Waals surface area contributed by atoms with Gasteiger partial charge in [-0.2, -0.15) is 0 Å². The van der Waals surface area contributed by atoms with Crippen molar-refractivity contribution in [2.75, 3.05) is 5.32 Å². The molecule has 3 amide bonds. The summed E-state index contributed by atoms with van der Waals surface area (Å²) in [4.78, 5) is 23.1. The summed E-state index contributed by atoms with van der Waals surface area (Å²) < 4.78 is 5.66. The Morgan fingerprint density at radius 1 is 1.04 bits per heavy atom. The number of amides is 3. The molecular weight excluding hydrogens is 546 g/mol. The third-order valence-corrected chi connectivity index (χ3v) is 6.44. The molecule has 0 aliphatic heterocycles. The molecule has 27 heavy (non-hydrogen) atoms. The van der Waals surface area contributed by atoms with Crippen LogP contribution in [0, 0.1) is 0 Å². The van der Waals surface area contributed by atoms with Gasteiger partial charge < -0.3 is 10.1 Å². The minimum Gasteiger partial charge on any atom is -0.454 e. The summed E-state index contributed by atoms with van der Waals surface area (Å²) in [5.41, 5.74) is 0.303. The molecule has 0 aliphatic rings.